The molecule has 0 amide bonds. The average molecular weight is 274 g/mol. The number of hydrogen-bond acceptors (Lipinski definition) is 2. The summed E-state index contributed by atoms with van der Waals surface area (Å²) in [5, 5.41) is 3.07. The molecule has 0 aromatic heterocycles. The van der Waals surface area contributed by atoms with Gasteiger partial charge in [-0.05, 0) is 30.2 Å². The van der Waals surface area contributed by atoms with E-state index in [2.05, 4.69) is 5.32 Å². The largest absolute Gasteiger partial charge is 0.389 e. The highest BCUT2D eigenvalue weighted by Crippen LogP contribution is 2.15. The van der Waals surface area contributed by atoms with Crippen molar-refractivity contribution >= 4 is 22.9 Å². The van der Waals surface area contributed by atoms with Gasteiger partial charge in [-0.3, -0.25) is 0 Å². The predicted octanol–water partition coefficient (Wildman–Crippen LogP) is 3.11. The summed E-state index contributed by atoms with van der Waals surface area (Å²) in [6.45, 7) is 0.674. The van der Waals surface area contributed by atoms with Crippen LogP contribution in [-0.2, 0) is 6.42 Å². The maximum Gasteiger partial charge on any atom is 0.146 e. The summed E-state index contributed by atoms with van der Waals surface area (Å²) in [6.07, 6.45) is 0.845. The van der Waals surface area contributed by atoms with Crippen LogP contribution < -0.4 is 11.1 Å². The summed E-state index contributed by atoms with van der Waals surface area (Å²) in [6, 6.07) is 14.8. The smallest absolute Gasteiger partial charge is 0.146 e. The van der Waals surface area contributed by atoms with Crippen molar-refractivity contribution < 1.29 is 4.39 Å². The van der Waals surface area contributed by atoms with Gasteiger partial charge in [-0.2, -0.15) is 0 Å². The normalized spacial score (nSPS) is 10.2. The van der Waals surface area contributed by atoms with Crippen molar-refractivity contribution in [2.45, 2.75) is 6.42 Å². The molecule has 2 nitrogen and oxygen atoms in total. The van der Waals surface area contributed by atoms with Gasteiger partial charge in [0.2, 0.25) is 0 Å². The van der Waals surface area contributed by atoms with Crippen LogP contribution in [0, 0.1) is 5.82 Å². The van der Waals surface area contributed by atoms with Crippen LogP contribution in [0.5, 0.6) is 0 Å². The molecule has 4 heteroatoms. The quantitative estimate of drug-likeness (QED) is 0.823. The Balaban J connectivity index is 1.95. The fourth-order valence-electron chi connectivity index (χ4n) is 1.80. The highest BCUT2D eigenvalue weighted by Gasteiger charge is 2.04. The molecule has 0 aliphatic carbocycles. The van der Waals surface area contributed by atoms with Crippen molar-refractivity contribution in [2.24, 2.45) is 5.73 Å². The molecule has 0 saturated carbocycles. The van der Waals surface area contributed by atoms with Crippen LogP contribution in [-0.4, -0.2) is 11.5 Å². The molecule has 2 aromatic rings. The Morgan fingerprint density at radius 2 is 1.89 bits per heavy atom. The highest BCUT2D eigenvalue weighted by molar-refractivity contribution is 7.80. The van der Waals surface area contributed by atoms with Crippen LogP contribution in [0.15, 0.2) is 48.5 Å². The Kier molecular flexibility index (Phi) is 4.47. The summed E-state index contributed by atoms with van der Waals surface area (Å²) < 4.78 is 13.8. The number of halogens is 1. The zero-order valence-corrected chi connectivity index (χ0v) is 11.2. The van der Waals surface area contributed by atoms with Crippen molar-refractivity contribution in [2.75, 3.05) is 11.9 Å². The molecule has 2 rings (SSSR count). The van der Waals surface area contributed by atoms with Crippen molar-refractivity contribution in [3.63, 3.8) is 0 Å². The number of nitrogens with one attached hydrogen (secondary N) is 1. The maximum absolute atomic E-state index is 13.8. The molecule has 0 radical (unpaired) electrons. The van der Waals surface area contributed by atoms with E-state index in [1.54, 1.807) is 12.1 Å². The highest BCUT2D eigenvalue weighted by atomic mass is 32.1. The Morgan fingerprint density at radius 1 is 1.16 bits per heavy atom. The predicted molar refractivity (Wildman–Crippen MR) is 80.9 cm³/mol. The third kappa shape index (κ3) is 3.76. The molecule has 2 aromatic carbocycles. The standard InChI is InChI=1S/C15H15FN2S/c16-13-10-12(15(17)19)6-7-14(13)18-9-8-11-4-2-1-3-5-11/h1-7,10,18H,8-9H2,(H2,17,19). The molecule has 98 valence electrons. The number of hydrogen-bond donors (Lipinski definition) is 2. The van der Waals surface area contributed by atoms with E-state index in [4.69, 9.17) is 18.0 Å². The lowest BCUT2D eigenvalue weighted by Gasteiger charge is -2.09. The van der Waals surface area contributed by atoms with Crippen molar-refractivity contribution in [1.29, 1.82) is 0 Å². The minimum absolute atomic E-state index is 0.203. The SMILES string of the molecule is NC(=S)c1ccc(NCCc2ccccc2)c(F)c1. The first kappa shape index (κ1) is 13.5. The maximum atomic E-state index is 13.8. The first-order valence-corrected chi connectivity index (χ1v) is 6.45. The van der Waals surface area contributed by atoms with Crippen LogP contribution in [0.4, 0.5) is 10.1 Å². The van der Waals surface area contributed by atoms with Gasteiger partial charge in [-0.15, -0.1) is 0 Å². The monoisotopic (exact) mass is 274 g/mol. The summed E-state index contributed by atoms with van der Waals surface area (Å²) in [4.78, 5) is 0.203. The van der Waals surface area contributed by atoms with E-state index in [1.165, 1.54) is 11.6 Å². The summed E-state index contributed by atoms with van der Waals surface area (Å²) in [5.41, 5.74) is 7.68. The van der Waals surface area contributed by atoms with Crippen molar-refractivity contribution in [3.8, 4) is 0 Å². The van der Waals surface area contributed by atoms with Gasteiger partial charge in [0.25, 0.3) is 0 Å². The number of benzene rings is 2. The second kappa shape index (κ2) is 6.29. The molecule has 3 N–H and O–H groups in total. The van der Waals surface area contributed by atoms with E-state index in [9.17, 15) is 4.39 Å². The minimum atomic E-state index is -0.335. The molecule has 0 fully saturated rings. The van der Waals surface area contributed by atoms with Gasteiger partial charge in [0, 0.05) is 12.1 Å². The number of nitrogens with two attached hydrogens (primary N) is 1. The lowest BCUT2D eigenvalue weighted by molar-refractivity contribution is 0.630. The second-order valence-corrected chi connectivity index (χ2v) is 4.66. The number of rotatable bonds is 5. The second-order valence-electron chi connectivity index (χ2n) is 4.22. The first-order valence-electron chi connectivity index (χ1n) is 6.04. The Bertz CT molecular complexity index is 570. The fourth-order valence-corrected chi connectivity index (χ4v) is 1.92. The van der Waals surface area contributed by atoms with Crippen LogP contribution >= 0.6 is 12.2 Å². The van der Waals surface area contributed by atoms with Gasteiger partial charge in [0.15, 0.2) is 0 Å². The topological polar surface area (TPSA) is 38.0 Å². The van der Waals surface area contributed by atoms with Crippen molar-refractivity contribution in [3.05, 3.63) is 65.5 Å². The summed E-state index contributed by atoms with van der Waals surface area (Å²) in [5.74, 6) is -0.335. The zero-order chi connectivity index (χ0) is 13.7. The van der Waals surface area contributed by atoms with Crippen molar-refractivity contribution in [1.82, 2.24) is 0 Å². The zero-order valence-electron chi connectivity index (χ0n) is 10.4. The molecule has 0 spiro atoms. The van der Waals surface area contributed by atoms with Crippen LogP contribution in [0.3, 0.4) is 0 Å². The van der Waals surface area contributed by atoms with E-state index in [0.717, 1.165) is 6.42 Å². The lowest BCUT2D eigenvalue weighted by atomic mass is 10.1. The summed E-state index contributed by atoms with van der Waals surface area (Å²) in [7, 11) is 0. The van der Waals surface area contributed by atoms with Gasteiger partial charge in [-0.25, -0.2) is 4.39 Å². The fraction of sp³-hybridized carbons (Fsp3) is 0.133. The number of anilines is 1. The molecule has 0 aliphatic rings. The van der Waals surface area contributed by atoms with Gasteiger partial charge in [-0.1, -0.05) is 42.5 Å². The molecular weight excluding hydrogens is 259 g/mol. The van der Waals surface area contributed by atoms with E-state index in [0.29, 0.717) is 17.8 Å². The molecule has 0 bridgehead atoms. The molecule has 0 unspecified atom stereocenters. The third-order valence-corrected chi connectivity index (χ3v) is 3.06. The molecule has 19 heavy (non-hydrogen) atoms. The molecule has 0 aliphatic heterocycles. The Morgan fingerprint density at radius 3 is 2.53 bits per heavy atom. The molecule has 0 saturated heterocycles. The van der Waals surface area contributed by atoms with Gasteiger partial charge in [0.05, 0.1) is 5.69 Å². The number of thiocarbonyl (C=S) groups is 1. The lowest BCUT2D eigenvalue weighted by Crippen LogP contribution is -2.11. The Labute approximate surface area is 117 Å². The van der Waals surface area contributed by atoms with E-state index < -0.39 is 0 Å². The summed E-state index contributed by atoms with van der Waals surface area (Å²) >= 11 is 4.81. The third-order valence-electron chi connectivity index (χ3n) is 2.83. The average Bonchev–Trinajstić information content (AvgIpc) is 2.41. The van der Waals surface area contributed by atoms with Gasteiger partial charge < -0.3 is 11.1 Å². The molecule has 0 atom stereocenters. The van der Waals surface area contributed by atoms with Crippen LogP contribution in [0.25, 0.3) is 0 Å². The van der Waals surface area contributed by atoms with Crippen LogP contribution in [0.2, 0.25) is 0 Å². The molecular formula is C15H15FN2S. The molecule has 0 heterocycles. The van der Waals surface area contributed by atoms with E-state index >= 15 is 0 Å². The first-order chi connectivity index (χ1) is 9.16. The van der Waals surface area contributed by atoms with E-state index in [-0.39, 0.29) is 10.8 Å². The van der Waals surface area contributed by atoms with E-state index in [1.807, 2.05) is 30.3 Å². The Hall–Kier alpha value is -1.94. The minimum Gasteiger partial charge on any atom is -0.389 e. The van der Waals surface area contributed by atoms with Gasteiger partial charge in [0.1, 0.15) is 10.8 Å². The van der Waals surface area contributed by atoms with Gasteiger partial charge >= 0.3 is 0 Å². The van der Waals surface area contributed by atoms with Crippen LogP contribution in [0.1, 0.15) is 11.1 Å².